The van der Waals surface area contributed by atoms with Gasteiger partial charge in [0.15, 0.2) is 0 Å². The molecule has 0 fully saturated rings. The minimum absolute atomic E-state index is 0.260. The number of fused-ring (bicyclic) bond motifs is 1. The molecule has 0 saturated heterocycles. The number of carbonyl (C=O) groups is 2. The molecule has 19 heavy (non-hydrogen) atoms. The SMILES string of the molecule is CCC(NC(=O)C1COc2ccccc2C1)C(=O)O. The van der Waals surface area contributed by atoms with Crippen LogP contribution in [-0.2, 0) is 16.0 Å². The fraction of sp³-hybridized carbons (Fsp3) is 0.429. The van der Waals surface area contributed by atoms with Crippen molar-refractivity contribution < 1.29 is 19.4 Å². The van der Waals surface area contributed by atoms with Gasteiger partial charge in [-0.2, -0.15) is 0 Å². The third-order valence-electron chi connectivity index (χ3n) is 3.27. The summed E-state index contributed by atoms with van der Waals surface area (Å²) in [6.45, 7) is 2.02. The number of carboxylic acid groups (broad SMARTS) is 1. The van der Waals surface area contributed by atoms with Gasteiger partial charge in [-0.15, -0.1) is 0 Å². The van der Waals surface area contributed by atoms with E-state index in [0.717, 1.165) is 11.3 Å². The maximum Gasteiger partial charge on any atom is 0.326 e. The molecule has 1 aliphatic heterocycles. The molecule has 0 saturated carbocycles. The van der Waals surface area contributed by atoms with Crippen LogP contribution in [0.1, 0.15) is 18.9 Å². The number of para-hydroxylation sites is 1. The molecule has 0 spiro atoms. The first-order chi connectivity index (χ1) is 9.11. The van der Waals surface area contributed by atoms with Gasteiger partial charge in [0.25, 0.3) is 0 Å². The monoisotopic (exact) mass is 263 g/mol. The number of ether oxygens (including phenoxy) is 1. The van der Waals surface area contributed by atoms with Crippen LogP contribution in [-0.4, -0.2) is 29.6 Å². The Bertz CT molecular complexity index is 486. The molecule has 1 heterocycles. The summed E-state index contributed by atoms with van der Waals surface area (Å²) in [4.78, 5) is 22.9. The predicted octanol–water partition coefficient (Wildman–Crippen LogP) is 1.22. The lowest BCUT2D eigenvalue weighted by atomic mass is 9.95. The van der Waals surface area contributed by atoms with Crippen molar-refractivity contribution in [1.29, 1.82) is 0 Å². The van der Waals surface area contributed by atoms with Gasteiger partial charge in [0, 0.05) is 0 Å². The minimum atomic E-state index is -1.01. The standard InChI is InChI=1S/C14H17NO4/c1-2-11(14(17)18)15-13(16)10-7-9-5-3-4-6-12(9)19-8-10/h3-6,10-11H,2,7-8H2,1H3,(H,15,16)(H,17,18). The number of rotatable bonds is 4. The van der Waals surface area contributed by atoms with E-state index in [1.165, 1.54) is 0 Å². The molecule has 2 atom stereocenters. The Morgan fingerprint density at radius 3 is 2.89 bits per heavy atom. The zero-order chi connectivity index (χ0) is 13.8. The fourth-order valence-electron chi connectivity index (χ4n) is 2.12. The number of carboxylic acids is 1. The summed E-state index contributed by atoms with van der Waals surface area (Å²) in [7, 11) is 0. The first-order valence-corrected chi connectivity index (χ1v) is 6.35. The van der Waals surface area contributed by atoms with Gasteiger partial charge in [-0.05, 0) is 24.5 Å². The number of hydrogen-bond acceptors (Lipinski definition) is 3. The van der Waals surface area contributed by atoms with E-state index in [4.69, 9.17) is 9.84 Å². The summed E-state index contributed by atoms with van der Waals surface area (Å²) in [5.74, 6) is -0.795. The maximum absolute atomic E-state index is 12.0. The molecular formula is C14H17NO4. The molecule has 1 aromatic carbocycles. The Kier molecular flexibility index (Phi) is 4.04. The smallest absolute Gasteiger partial charge is 0.326 e. The van der Waals surface area contributed by atoms with E-state index in [9.17, 15) is 9.59 Å². The van der Waals surface area contributed by atoms with Gasteiger partial charge in [0.05, 0.1) is 5.92 Å². The Balaban J connectivity index is 2.01. The molecule has 5 heteroatoms. The van der Waals surface area contributed by atoms with Crippen molar-refractivity contribution in [2.75, 3.05) is 6.61 Å². The zero-order valence-electron chi connectivity index (χ0n) is 10.8. The van der Waals surface area contributed by atoms with Crippen molar-refractivity contribution in [2.24, 2.45) is 5.92 Å². The molecule has 5 nitrogen and oxygen atoms in total. The van der Waals surface area contributed by atoms with Crippen LogP contribution in [0.2, 0.25) is 0 Å². The highest BCUT2D eigenvalue weighted by Crippen LogP contribution is 2.26. The van der Waals surface area contributed by atoms with Gasteiger partial charge in [0.1, 0.15) is 18.4 Å². The van der Waals surface area contributed by atoms with Crippen molar-refractivity contribution in [3.05, 3.63) is 29.8 Å². The summed E-state index contributed by atoms with van der Waals surface area (Å²) in [6.07, 6.45) is 0.948. The lowest BCUT2D eigenvalue weighted by Crippen LogP contribution is -2.45. The second-order valence-electron chi connectivity index (χ2n) is 4.63. The lowest BCUT2D eigenvalue weighted by molar-refractivity contribution is -0.142. The lowest BCUT2D eigenvalue weighted by Gasteiger charge is -2.25. The second-order valence-corrected chi connectivity index (χ2v) is 4.63. The van der Waals surface area contributed by atoms with E-state index in [1.54, 1.807) is 6.92 Å². The fourth-order valence-corrected chi connectivity index (χ4v) is 2.12. The largest absolute Gasteiger partial charge is 0.492 e. The molecule has 1 aliphatic rings. The average molecular weight is 263 g/mol. The molecule has 1 aromatic rings. The van der Waals surface area contributed by atoms with Crippen LogP contribution in [0.15, 0.2) is 24.3 Å². The third kappa shape index (κ3) is 3.05. The van der Waals surface area contributed by atoms with Crippen molar-refractivity contribution in [1.82, 2.24) is 5.32 Å². The van der Waals surface area contributed by atoms with Gasteiger partial charge in [0.2, 0.25) is 5.91 Å². The topological polar surface area (TPSA) is 75.6 Å². The molecule has 0 aliphatic carbocycles. The van der Waals surface area contributed by atoms with Gasteiger partial charge in [-0.3, -0.25) is 4.79 Å². The van der Waals surface area contributed by atoms with Gasteiger partial charge < -0.3 is 15.2 Å². The van der Waals surface area contributed by atoms with Gasteiger partial charge in [-0.1, -0.05) is 25.1 Å². The molecule has 2 unspecified atom stereocenters. The van der Waals surface area contributed by atoms with E-state index in [0.29, 0.717) is 19.4 Å². The van der Waals surface area contributed by atoms with Crippen molar-refractivity contribution in [2.45, 2.75) is 25.8 Å². The molecular weight excluding hydrogens is 246 g/mol. The Morgan fingerprint density at radius 1 is 1.47 bits per heavy atom. The molecule has 2 rings (SSSR count). The summed E-state index contributed by atoms with van der Waals surface area (Å²) in [6, 6.07) is 6.74. The normalized spacial score (nSPS) is 18.9. The summed E-state index contributed by atoms with van der Waals surface area (Å²) in [5.41, 5.74) is 0.984. The van der Waals surface area contributed by atoms with Crippen LogP contribution in [0, 0.1) is 5.92 Å². The first kappa shape index (κ1) is 13.4. The highest BCUT2D eigenvalue weighted by molar-refractivity contribution is 5.85. The maximum atomic E-state index is 12.0. The van der Waals surface area contributed by atoms with Crippen LogP contribution in [0.5, 0.6) is 5.75 Å². The van der Waals surface area contributed by atoms with Crippen molar-refractivity contribution in [3.63, 3.8) is 0 Å². The number of nitrogens with one attached hydrogen (secondary N) is 1. The van der Waals surface area contributed by atoms with E-state index >= 15 is 0 Å². The third-order valence-corrected chi connectivity index (χ3v) is 3.27. The zero-order valence-corrected chi connectivity index (χ0v) is 10.8. The van der Waals surface area contributed by atoms with Crippen molar-refractivity contribution >= 4 is 11.9 Å². The highest BCUT2D eigenvalue weighted by atomic mass is 16.5. The quantitative estimate of drug-likeness (QED) is 0.856. The van der Waals surface area contributed by atoms with E-state index in [-0.39, 0.29) is 11.8 Å². The van der Waals surface area contributed by atoms with Gasteiger partial charge in [-0.25, -0.2) is 4.79 Å². The van der Waals surface area contributed by atoms with Crippen LogP contribution in [0.3, 0.4) is 0 Å². The Hall–Kier alpha value is -2.04. The first-order valence-electron chi connectivity index (χ1n) is 6.35. The molecule has 0 bridgehead atoms. The molecule has 102 valence electrons. The van der Waals surface area contributed by atoms with E-state index in [1.807, 2.05) is 24.3 Å². The van der Waals surface area contributed by atoms with E-state index < -0.39 is 12.0 Å². The Morgan fingerprint density at radius 2 is 2.21 bits per heavy atom. The van der Waals surface area contributed by atoms with Crippen LogP contribution >= 0.6 is 0 Å². The minimum Gasteiger partial charge on any atom is -0.492 e. The van der Waals surface area contributed by atoms with E-state index in [2.05, 4.69) is 5.32 Å². The van der Waals surface area contributed by atoms with Crippen LogP contribution in [0.25, 0.3) is 0 Å². The number of amides is 1. The van der Waals surface area contributed by atoms with Crippen LogP contribution < -0.4 is 10.1 Å². The average Bonchev–Trinajstić information content (AvgIpc) is 2.43. The molecule has 0 aromatic heterocycles. The summed E-state index contributed by atoms with van der Waals surface area (Å²) in [5, 5.41) is 11.5. The second kappa shape index (κ2) is 5.73. The predicted molar refractivity (Wildman–Crippen MR) is 69.0 cm³/mol. The number of hydrogen-bond donors (Lipinski definition) is 2. The van der Waals surface area contributed by atoms with Gasteiger partial charge >= 0.3 is 5.97 Å². The molecule has 2 N–H and O–H groups in total. The number of benzene rings is 1. The summed E-state index contributed by atoms with van der Waals surface area (Å²) >= 11 is 0. The highest BCUT2D eigenvalue weighted by Gasteiger charge is 2.28. The Labute approximate surface area is 111 Å². The van der Waals surface area contributed by atoms with Crippen molar-refractivity contribution in [3.8, 4) is 5.75 Å². The summed E-state index contributed by atoms with van der Waals surface area (Å²) < 4.78 is 5.52. The number of aliphatic carboxylic acids is 1. The number of carbonyl (C=O) groups excluding carboxylic acids is 1. The molecule has 1 amide bonds. The van der Waals surface area contributed by atoms with Crippen LogP contribution in [0.4, 0.5) is 0 Å². The molecule has 0 radical (unpaired) electrons.